The van der Waals surface area contributed by atoms with Crippen LogP contribution in [0.5, 0.6) is 0 Å². The van der Waals surface area contributed by atoms with Gasteiger partial charge < -0.3 is 38.6 Å². The van der Waals surface area contributed by atoms with Crippen LogP contribution in [0.15, 0.2) is 30.3 Å². The highest BCUT2D eigenvalue weighted by molar-refractivity contribution is 5.85. The predicted molar refractivity (Wildman–Crippen MR) is 199 cm³/mol. The maximum Gasteiger partial charge on any atom is 0.410 e. The highest BCUT2D eigenvalue weighted by Gasteiger charge is 2.60. The highest BCUT2D eigenvalue weighted by atomic mass is 16.7. The fourth-order valence-electron chi connectivity index (χ4n) is 9.19. The number of benzene rings is 1. The Hall–Kier alpha value is -2.57. The van der Waals surface area contributed by atoms with E-state index in [1.165, 1.54) is 5.56 Å². The third-order valence-electron chi connectivity index (χ3n) is 12.1. The number of methoxy groups -OCH3 is 1. The van der Waals surface area contributed by atoms with Gasteiger partial charge in [0.1, 0.15) is 18.0 Å². The lowest BCUT2D eigenvalue weighted by molar-refractivity contribution is -0.297. The number of aliphatic hydroxyl groups is 1. The van der Waals surface area contributed by atoms with E-state index in [1.54, 1.807) is 12.0 Å². The summed E-state index contributed by atoms with van der Waals surface area (Å²) >= 11 is 0. The van der Waals surface area contributed by atoms with Crippen molar-refractivity contribution in [3.05, 3.63) is 35.9 Å². The van der Waals surface area contributed by atoms with E-state index in [0.717, 1.165) is 19.3 Å². The second-order valence-corrected chi connectivity index (χ2v) is 16.5. The van der Waals surface area contributed by atoms with Crippen molar-refractivity contribution >= 4 is 17.8 Å². The van der Waals surface area contributed by atoms with E-state index in [0.29, 0.717) is 32.2 Å². The van der Waals surface area contributed by atoms with Gasteiger partial charge in [-0.15, -0.1) is 0 Å². The molecule has 0 aromatic heterocycles. The SMILES string of the molecule is CC[C@H]1OC(=O)[C@H](C)C[C@H](C)[C@@H](O[C@@H]2O[C@H](C)C[C@H](N(C)C)[C@H]2O)[C@](C)(OC)C[C@@H](C)C(=O)[C@H](C)[C@H]2N(CCCCc3ccccc3)C(=O)O[C@]12C. The number of carbonyl (C=O) groups excluding carboxylic acids is 3. The normalized spacial score (nSPS) is 39.5. The van der Waals surface area contributed by atoms with Gasteiger partial charge in [0.05, 0.1) is 29.8 Å². The van der Waals surface area contributed by atoms with E-state index in [-0.39, 0.29) is 23.8 Å². The summed E-state index contributed by atoms with van der Waals surface area (Å²) in [7, 11) is 5.46. The van der Waals surface area contributed by atoms with Crippen LogP contribution in [0.3, 0.4) is 0 Å². The Labute approximate surface area is 312 Å². The van der Waals surface area contributed by atoms with Crippen LogP contribution in [-0.2, 0) is 39.7 Å². The first-order valence-corrected chi connectivity index (χ1v) is 19.5. The topological polar surface area (TPSA) is 124 Å². The van der Waals surface area contributed by atoms with E-state index in [4.69, 9.17) is 23.7 Å². The lowest BCUT2D eigenvalue weighted by atomic mass is 9.73. The molecule has 0 bridgehead atoms. The van der Waals surface area contributed by atoms with Gasteiger partial charge in [-0.1, -0.05) is 65.0 Å². The first-order chi connectivity index (χ1) is 24.5. The van der Waals surface area contributed by atoms with Crippen LogP contribution in [0, 0.1) is 23.7 Å². The average molecular weight is 731 g/mol. The zero-order chi connectivity index (χ0) is 38.5. The van der Waals surface area contributed by atoms with Gasteiger partial charge in [-0.25, -0.2) is 4.79 Å². The number of unbranched alkanes of at least 4 members (excludes halogenated alkanes) is 1. The molecule has 3 saturated heterocycles. The van der Waals surface area contributed by atoms with Crippen LogP contribution in [0.2, 0.25) is 0 Å². The summed E-state index contributed by atoms with van der Waals surface area (Å²) in [6, 6.07) is 9.39. The van der Waals surface area contributed by atoms with Gasteiger partial charge in [-0.05, 0) is 91.3 Å². The standard InChI is InChI=1S/C41H66N2O9/c1-12-32-41(8)35(43(39(47)52-41)21-17-16-20-30-18-14-13-15-19-30)29(6)33(44)27(4)24-40(7,48-11)36(25(2)22-26(3)37(46)50-32)51-38-34(45)31(42(9)10)23-28(5)49-38/h13-15,18-19,25-29,31-32,34-36,38,45H,12,16-17,20-24H2,1-11H3/t25-,26+,27+,28+,29-,31-,32+,34+,35+,36+,38-,40+,41+/m0/s1. The Kier molecular flexibility index (Phi) is 14.4. The van der Waals surface area contributed by atoms with Crippen molar-refractivity contribution in [2.45, 2.75) is 154 Å². The average Bonchev–Trinajstić information content (AvgIpc) is 3.36. The fraction of sp³-hybridized carbons (Fsp3) is 0.780. The molecule has 3 aliphatic rings. The summed E-state index contributed by atoms with van der Waals surface area (Å²) in [6.07, 6.45) is 0.284. The van der Waals surface area contributed by atoms with E-state index in [9.17, 15) is 19.5 Å². The number of ketones is 1. The lowest BCUT2D eigenvalue weighted by Crippen LogP contribution is -2.59. The molecule has 1 amide bonds. The van der Waals surface area contributed by atoms with Crippen LogP contribution in [0.1, 0.15) is 99.5 Å². The highest BCUT2D eigenvalue weighted by Crippen LogP contribution is 2.43. The Balaban J connectivity index is 1.68. The number of ether oxygens (including phenoxy) is 5. The molecule has 0 spiro atoms. The van der Waals surface area contributed by atoms with Gasteiger partial charge in [0.2, 0.25) is 0 Å². The number of Topliss-reactive ketones (excluding diaryl/α,β-unsaturated/α-hetero) is 1. The molecule has 0 unspecified atom stereocenters. The Bertz CT molecular complexity index is 1340. The van der Waals surface area contributed by atoms with E-state index in [1.807, 2.05) is 92.6 Å². The number of aliphatic hydroxyl groups excluding tert-OH is 1. The minimum Gasteiger partial charge on any atom is -0.458 e. The summed E-state index contributed by atoms with van der Waals surface area (Å²) in [5.74, 6) is -2.38. The van der Waals surface area contributed by atoms with Gasteiger partial charge in [-0.2, -0.15) is 0 Å². The van der Waals surface area contributed by atoms with Crippen molar-refractivity contribution in [1.29, 1.82) is 0 Å². The van der Waals surface area contributed by atoms with Crippen molar-refractivity contribution < 1.29 is 43.2 Å². The smallest absolute Gasteiger partial charge is 0.410 e. The maximum atomic E-state index is 14.6. The first kappa shape index (κ1) is 42.2. The monoisotopic (exact) mass is 730 g/mol. The maximum absolute atomic E-state index is 14.6. The van der Waals surface area contributed by atoms with Crippen LogP contribution in [-0.4, -0.2) is 114 Å². The van der Waals surface area contributed by atoms with Crippen LogP contribution in [0.25, 0.3) is 0 Å². The predicted octanol–water partition coefficient (Wildman–Crippen LogP) is 6.03. The summed E-state index contributed by atoms with van der Waals surface area (Å²) < 4.78 is 31.7. The molecule has 1 aromatic carbocycles. The quantitative estimate of drug-likeness (QED) is 0.225. The van der Waals surface area contributed by atoms with Gasteiger partial charge in [-0.3, -0.25) is 9.59 Å². The van der Waals surface area contributed by atoms with Gasteiger partial charge >= 0.3 is 12.1 Å². The van der Waals surface area contributed by atoms with E-state index >= 15 is 0 Å². The number of amides is 1. The third kappa shape index (κ3) is 9.20. The lowest BCUT2D eigenvalue weighted by Gasteiger charge is -2.47. The molecule has 1 N–H and O–H groups in total. The van der Waals surface area contributed by atoms with Crippen molar-refractivity contribution in [3.63, 3.8) is 0 Å². The summed E-state index contributed by atoms with van der Waals surface area (Å²) in [4.78, 5) is 45.9. The number of esters is 1. The zero-order valence-electron chi connectivity index (χ0n) is 33.5. The Morgan fingerprint density at radius 2 is 1.65 bits per heavy atom. The molecule has 0 radical (unpaired) electrons. The van der Waals surface area contributed by atoms with Gasteiger partial charge in [0, 0.05) is 31.5 Å². The molecule has 3 heterocycles. The van der Waals surface area contributed by atoms with Crippen LogP contribution >= 0.6 is 0 Å². The van der Waals surface area contributed by atoms with Crippen LogP contribution < -0.4 is 0 Å². The molecular formula is C41H66N2O9. The number of nitrogens with zero attached hydrogens (tertiary/aromatic N) is 2. The second-order valence-electron chi connectivity index (χ2n) is 16.5. The van der Waals surface area contributed by atoms with Crippen LogP contribution in [0.4, 0.5) is 4.79 Å². The van der Waals surface area contributed by atoms with Gasteiger partial charge in [0.25, 0.3) is 0 Å². The van der Waals surface area contributed by atoms with E-state index in [2.05, 4.69) is 12.1 Å². The molecule has 11 nitrogen and oxygen atoms in total. The summed E-state index contributed by atoms with van der Waals surface area (Å²) in [6.45, 7) is 15.6. The molecule has 11 heteroatoms. The molecule has 13 atom stereocenters. The Morgan fingerprint density at radius 3 is 2.27 bits per heavy atom. The van der Waals surface area contributed by atoms with E-state index < -0.39 is 71.7 Å². The molecule has 52 heavy (non-hydrogen) atoms. The number of likely N-dealkylation sites (N-methyl/N-ethyl adjacent to an activating group) is 1. The molecule has 3 aliphatic heterocycles. The number of aryl methyl sites for hydroxylation is 1. The molecule has 294 valence electrons. The Morgan fingerprint density at radius 1 is 0.981 bits per heavy atom. The number of rotatable bonds is 10. The molecule has 3 fully saturated rings. The minimum atomic E-state index is -1.24. The largest absolute Gasteiger partial charge is 0.458 e. The number of hydrogen-bond donors (Lipinski definition) is 1. The molecule has 1 aromatic rings. The number of cyclic esters (lactones) is 1. The molecule has 0 aliphatic carbocycles. The number of carbonyl (C=O) groups is 3. The van der Waals surface area contributed by atoms with Gasteiger partial charge in [0.15, 0.2) is 11.9 Å². The first-order valence-electron chi connectivity index (χ1n) is 19.5. The third-order valence-corrected chi connectivity index (χ3v) is 12.1. The second kappa shape index (κ2) is 17.7. The molecular weight excluding hydrogens is 664 g/mol. The van der Waals surface area contributed by atoms with Crippen molar-refractivity contribution in [2.24, 2.45) is 23.7 Å². The molecule has 0 saturated carbocycles. The number of fused-ring (bicyclic) bond motifs is 1. The van der Waals surface area contributed by atoms with Crippen molar-refractivity contribution in [1.82, 2.24) is 9.80 Å². The molecule has 4 rings (SSSR count). The number of hydrogen-bond acceptors (Lipinski definition) is 10. The minimum absolute atomic E-state index is 0.0414. The fourth-order valence-corrected chi connectivity index (χ4v) is 9.19. The zero-order valence-corrected chi connectivity index (χ0v) is 33.5. The van der Waals surface area contributed by atoms with Crippen molar-refractivity contribution in [3.8, 4) is 0 Å². The van der Waals surface area contributed by atoms with Crippen molar-refractivity contribution in [2.75, 3.05) is 27.7 Å². The summed E-state index contributed by atoms with van der Waals surface area (Å²) in [5, 5.41) is 11.4. The summed E-state index contributed by atoms with van der Waals surface area (Å²) in [5.41, 5.74) is -1.02.